The molecule has 248 valence electrons. The summed E-state index contributed by atoms with van der Waals surface area (Å²) in [4.78, 5) is 4.29. The van der Waals surface area contributed by atoms with Crippen molar-refractivity contribution in [2.75, 3.05) is 16.8 Å². The van der Waals surface area contributed by atoms with Crippen LogP contribution in [0.3, 0.4) is 0 Å². The summed E-state index contributed by atoms with van der Waals surface area (Å²) in [5, 5.41) is 4.31. The fourth-order valence-corrected chi connectivity index (χ4v) is 6.41. The number of anilines is 5. The molecule has 0 amide bonds. The van der Waals surface area contributed by atoms with Crippen molar-refractivity contribution in [3.05, 3.63) is 138 Å². The minimum Gasteiger partial charge on any atom is -0.456 e. The van der Waals surface area contributed by atoms with E-state index in [0.29, 0.717) is 0 Å². The van der Waals surface area contributed by atoms with Crippen molar-refractivity contribution in [2.24, 2.45) is 0 Å². The first-order chi connectivity index (χ1) is 23.8. The van der Waals surface area contributed by atoms with Crippen molar-refractivity contribution < 1.29 is 13.2 Å². The molecule has 0 atom stereocenters. The van der Waals surface area contributed by atoms with Gasteiger partial charge in [-0.2, -0.15) is 0 Å². The molecule has 49 heavy (non-hydrogen) atoms. The van der Waals surface area contributed by atoms with Gasteiger partial charge in [0.1, 0.15) is 28.1 Å². The standard InChI is InChI=1S/C40H31FN2O2.2C2H6/c1-24-6-18-36(26(3)19-24)43(30-12-16-34-32-14-5-25(2)20-37(32)44-39(34)22-30)31-13-17-35-33-15-11-29(21-38(33)45-40(35)23-31)42(4)28-9-7-27(41)8-10-28;2*1-2/h5-23H,1-4H3;2*1-2H3. The maximum absolute atomic E-state index is 13.5. The van der Waals surface area contributed by atoms with E-state index in [9.17, 15) is 4.39 Å². The number of rotatable bonds is 5. The summed E-state index contributed by atoms with van der Waals surface area (Å²) in [6, 6.07) is 38.4. The lowest BCUT2D eigenvalue weighted by Gasteiger charge is -2.27. The molecule has 0 aliphatic rings. The number of nitrogens with zero attached hydrogens (tertiary/aromatic N) is 2. The number of benzene rings is 6. The zero-order chi connectivity index (χ0) is 34.8. The van der Waals surface area contributed by atoms with Crippen LogP contribution in [-0.4, -0.2) is 7.05 Å². The Morgan fingerprint density at radius 2 is 0.857 bits per heavy atom. The van der Waals surface area contributed by atoms with Gasteiger partial charge in [-0.15, -0.1) is 0 Å². The molecule has 0 bridgehead atoms. The lowest BCUT2D eigenvalue weighted by Crippen LogP contribution is -2.11. The second-order valence-electron chi connectivity index (χ2n) is 11.9. The molecule has 0 saturated heterocycles. The summed E-state index contributed by atoms with van der Waals surface area (Å²) in [6.45, 7) is 14.3. The molecule has 0 aliphatic carbocycles. The molecule has 0 radical (unpaired) electrons. The van der Waals surface area contributed by atoms with Crippen LogP contribution >= 0.6 is 0 Å². The molecule has 2 aromatic heterocycles. The van der Waals surface area contributed by atoms with Gasteiger partial charge in [0.15, 0.2) is 0 Å². The average Bonchev–Trinajstić information content (AvgIpc) is 3.67. The number of furan rings is 2. The fraction of sp³-hybridized carbons (Fsp3) is 0.182. The summed E-state index contributed by atoms with van der Waals surface area (Å²) >= 11 is 0. The van der Waals surface area contributed by atoms with Crippen LogP contribution in [0.5, 0.6) is 0 Å². The monoisotopic (exact) mass is 650 g/mol. The average molecular weight is 651 g/mol. The van der Waals surface area contributed by atoms with E-state index in [2.05, 4.69) is 111 Å². The van der Waals surface area contributed by atoms with E-state index in [1.165, 1.54) is 28.8 Å². The van der Waals surface area contributed by atoms with E-state index >= 15 is 0 Å². The quantitative estimate of drug-likeness (QED) is 0.186. The molecule has 0 fully saturated rings. The number of aryl methyl sites for hydroxylation is 3. The molecule has 0 spiro atoms. The van der Waals surface area contributed by atoms with Crippen molar-refractivity contribution >= 4 is 72.3 Å². The van der Waals surface area contributed by atoms with Crippen LogP contribution in [0.1, 0.15) is 44.4 Å². The van der Waals surface area contributed by atoms with Gasteiger partial charge in [0.2, 0.25) is 0 Å². The largest absolute Gasteiger partial charge is 0.456 e. The number of hydrogen-bond acceptors (Lipinski definition) is 4. The maximum Gasteiger partial charge on any atom is 0.137 e. The number of halogens is 1. The Bertz CT molecular complexity index is 2400. The Kier molecular flexibility index (Phi) is 9.46. The molecule has 8 aromatic rings. The number of fused-ring (bicyclic) bond motifs is 6. The first-order valence-corrected chi connectivity index (χ1v) is 17.1. The summed E-state index contributed by atoms with van der Waals surface area (Å²) < 4.78 is 26.4. The van der Waals surface area contributed by atoms with Crippen LogP contribution in [0.2, 0.25) is 0 Å². The molecule has 2 heterocycles. The van der Waals surface area contributed by atoms with Crippen LogP contribution < -0.4 is 9.80 Å². The van der Waals surface area contributed by atoms with Gasteiger partial charge >= 0.3 is 0 Å². The van der Waals surface area contributed by atoms with Crippen molar-refractivity contribution in [3.63, 3.8) is 0 Å². The molecule has 0 saturated carbocycles. The molecule has 4 nitrogen and oxygen atoms in total. The predicted octanol–water partition coefficient (Wildman–Crippen LogP) is 13.8. The van der Waals surface area contributed by atoms with E-state index in [0.717, 1.165) is 72.3 Å². The number of hydrogen-bond donors (Lipinski definition) is 0. The molecule has 0 N–H and O–H groups in total. The Balaban J connectivity index is 0.00000101. The SMILES string of the molecule is CC.CC.Cc1ccc(N(c2ccc3c(c2)oc2cc(C)ccc23)c2ccc3c(c2)oc2cc(N(C)c4ccc(F)cc4)ccc23)c(C)c1. The third-order valence-electron chi connectivity index (χ3n) is 8.76. The predicted molar refractivity (Wildman–Crippen MR) is 207 cm³/mol. The van der Waals surface area contributed by atoms with Gasteiger partial charge in [0, 0.05) is 75.2 Å². The first kappa shape index (κ1) is 33.4. The molecular formula is C44H43FN2O2. The van der Waals surface area contributed by atoms with Crippen LogP contribution in [0.15, 0.2) is 124 Å². The smallest absolute Gasteiger partial charge is 0.137 e. The third kappa shape index (κ3) is 6.25. The molecule has 6 aromatic carbocycles. The van der Waals surface area contributed by atoms with Crippen molar-refractivity contribution in [2.45, 2.75) is 48.5 Å². The van der Waals surface area contributed by atoms with Gasteiger partial charge in [-0.1, -0.05) is 57.5 Å². The van der Waals surface area contributed by atoms with Crippen LogP contribution in [-0.2, 0) is 0 Å². The molecule has 0 aliphatic heterocycles. The third-order valence-corrected chi connectivity index (χ3v) is 8.76. The Hall–Kier alpha value is -5.55. The summed E-state index contributed by atoms with van der Waals surface area (Å²) in [7, 11) is 1.97. The van der Waals surface area contributed by atoms with Gasteiger partial charge in [-0.25, -0.2) is 4.39 Å². The molecule has 8 rings (SSSR count). The van der Waals surface area contributed by atoms with E-state index in [1.54, 1.807) is 12.1 Å². The molecule has 0 unspecified atom stereocenters. The van der Waals surface area contributed by atoms with E-state index in [4.69, 9.17) is 8.83 Å². The minimum atomic E-state index is -0.252. The first-order valence-electron chi connectivity index (χ1n) is 17.1. The van der Waals surface area contributed by atoms with Gasteiger partial charge in [-0.3, -0.25) is 0 Å². The molecule has 5 heteroatoms. The Morgan fingerprint density at radius 3 is 1.39 bits per heavy atom. The van der Waals surface area contributed by atoms with Crippen molar-refractivity contribution in [3.8, 4) is 0 Å². The van der Waals surface area contributed by atoms with E-state index < -0.39 is 0 Å². The Morgan fingerprint density at radius 1 is 0.449 bits per heavy atom. The zero-order valence-electron chi connectivity index (χ0n) is 29.6. The van der Waals surface area contributed by atoms with Gasteiger partial charge < -0.3 is 18.6 Å². The topological polar surface area (TPSA) is 32.8 Å². The summed E-state index contributed by atoms with van der Waals surface area (Å²) in [6.07, 6.45) is 0. The Labute approximate surface area is 288 Å². The van der Waals surface area contributed by atoms with Gasteiger partial charge in [0.05, 0.1) is 0 Å². The highest BCUT2D eigenvalue weighted by Gasteiger charge is 2.19. The van der Waals surface area contributed by atoms with Crippen LogP contribution in [0.25, 0.3) is 43.9 Å². The lowest BCUT2D eigenvalue weighted by atomic mass is 10.1. The highest BCUT2D eigenvalue weighted by atomic mass is 19.1. The van der Waals surface area contributed by atoms with Crippen molar-refractivity contribution in [1.29, 1.82) is 0 Å². The minimum absolute atomic E-state index is 0.252. The van der Waals surface area contributed by atoms with Gasteiger partial charge in [-0.05, 0) is 105 Å². The maximum atomic E-state index is 13.5. The van der Waals surface area contributed by atoms with E-state index in [1.807, 2.05) is 45.7 Å². The zero-order valence-corrected chi connectivity index (χ0v) is 29.6. The van der Waals surface area contributed by atoms with Crippen molar-refractivity contribution in [1.82, 2.24) is 0 Å². The van der Waals surface area contributed by atoms with Crippen LogP contribution in [0, 0.1) is 26.6 Å². The second kappa shape index (κ2) is 13.9. The molecular weight excluding hydrogens is 607 g/mol. The summed E-state index contributed by atoms with van der Waals surface area (Å²) in [5.41, 5.74) is 11.9. The normalized spacial score (nSPS) is 11.0. The highest BCUT2D eigenvalue weighted by molar-refractivity contribution is 6.08. The lowest BCUT2D eigenvalue weighted by molar-refractivity contribution is 0.628. The summed E-state index contributed by atoms with van der Waals surface area (Å²) in [5.74, 6) is -0.252. The highest BCUT2D eigenvalue weighted by Crippen LogP contribution is 2.42. The van der Waals surface area contributed by atoms with Crippen LogP contribution in [0.4, 0.5) is 32.8 Å². The second-order valence-corrected chi connectivity index (χ2v) is 11.9. The van der Waals surface area contributed by atoms with Gasteiger partial charge in [0.25, 0.3) is 0 Å². The van der Waals surface area contributed by atoms with E-state index in [-0.39, 0.29) is 5.82 Å². The fourth-order valence-electron chi connectivity index (χ4n) is 6.41.